The summed E-state index contributed by atoms with van der Waals surface area (Å²) in [6.07, 6.45) is 1.88. The number of hydrogen-bond donors (Lipinski definition) is 1. The molecule has 0 aliphatic heterocycles. The second-order valence-electron chi connectivity index (χ2n) is 5.22. The summed E-state index contributed by atoms with van der Waals surface area (Å²) in [7, 11) is 0. The number of carbonyl (C=O) groups is 1. The molecule has 0 saturated heterocycles. The van der Waals surface area contributed by atoms with Crippen LogP contribution in [-0.2, 0) is 0 Å². The molecule has 2 aromatic rings. The van der Waals surface area contributed by atoms with Gasteiger partial charge in [-0.25, -0.2) is 4.39 Å². The highest BCUT2D eigenvalue weighted by molar-refractivity contribution is 14.1. The number of hydrogen-bond acceptors (Lipinski definition) is 3. The van der Waals surface area contributed by atoms with Crippen LogP contribution >= 0.6 is 22.6 Å². The van der Waals surface area contributed by atoms with Gasteiger partial charge in [-0.1, -0.05) is 13.8 Å². The van der Waals surface area contributed by atoms with Crippen LogP contribution in [0.2, 0.25) is 0 Å². The number of aldehydes is 1. The van der Waals surface area contributed by atoms with Crippen molar-refractivity contribution < 1.29 is 14.3 Å². The van der Waals surface area contributed by atoms with E-state index in [4.69, 9.17) is 0 Å². The van der Waals surface area contributed by atoms with E-state index in [9.17, 15) is 19.1 Å². The standard InChI is InChI=1S/C15H15FINO3/c1-8(2)14(7-20)18-5-9(6-19)15(21)10-3-12(17)11(16)4-13(10)18/h3-6,8,14,20H,7H2,1-2H3. The van der Waals surface area contributed by atoms with Crippen molar-refractivity contribution in [2.24, 2.45) is 5.92 Å². The predicted octanol–water partition coefficient (Wildman–Crippen LogP) is 2.75. The summed E-state index contributed by atoms with van der Waals surface area (Å²) in [5.74, 6) is -0.377. The highest BCUT2D eigenvalue weighted by Gasteiger charge is 2.19. The fourth-order valence-corrected chi connectivity index (χ4v) is 2.81. The van der Waals surface area contributed by atoms with Crippen molar-refractivity contribution in [1.82, 2.24) is 4.57 Å². The maximum atomic E-state index is 13.9. The van der Waals surface area contributed by atoms with E-state index < -0.39 is 11.2 Å². The van der Waals surface area contributed by atoms with E-state index in [0.717, 1.165) is 0 Å². The Kier molecular flexibility index (Phi) is 4.77. The molecule has 4 nitrogen and oxygen atoms in total. The van der Waals surface area contributed by atoms with Crippen molar-refractivity contribution >= 4 is 39.8 Å². The van der Waals surface area contributed by atoms with Crippen molar-refractivity contribution in [2.45, 2.75) is 19.9 Å². The van der Waals surface area contributed by atoms with Crippen LogP contribution in [0, 0.1) is 15.3 Å². The molecule has 0 amide bonds. The third kappa shape index (κ3) is 2.87. The lowest BCUT2D eigenvalue weighted by Crippen LogP contribution is -2.23. The molecule has 1 atom stereocenters. The van der Waals surface area contributed by atoms with Gasteiger partial charge in [-0.15, -0.1) is 0 Å². The Morgan fingerprint density at radius 2 is 2.10 bits per heavy atom. The minimum absolute atomic E-state index is 0.00371. The minimum atomic E-state index is -0.435. The van der Waals surface area contributed by atoms with Crippen LogP contribution < -0.4 is 5.43 Å². The van der Waals surface area contributed by atoms with Crippen LogP contribution in [0.3, 0.4) is 0 Å². The minimum Gasteiger partial charge on any atom is -0.394 e. The SMILES string of the molecule is CC(C)C(CO)n1cc(C=O)c(=O)c2cc(I)c(F)cc21. The van der Waals surface area contributed by atoms with Gasteiger partial charge in [0.1, 0.15) is 5.82 Å². The molecule has 2 rings (SSSR count). The van der Waals surface area contributed by atoms with Crippen molar-refractivity contribution in [3.05, 3.63) is 43.5 Å². The number of fused-ring (bicyclic) bond motifs is 1. The molecule has 0 aliphatic carbocycles. The lowest BCUT2D eigenvalue weighted by Gasteiger charge is -2.24. The number of nitrogens with zero attached hydrogens (tertiary/aromatic N) is 1. The molecule has 0 fully saturated rings. The van der Waals surface area contributed by atoms with Gasteiger partial charge >= 0.3 is 0 Å². The zero-order valence-corrected chi connectivity index (χ0v) is 13.8. The first-order chi connectivity index (χ1) is 9.90. The van der Waals surface area contributed by atoms with Gasteiger partial charge in [-0.3, -0.25) is 9.59 Å². The Morgan fingerprint density at radius 1 is 1.43 bits per heavy atom. The number of halogens is 2. The zero-order chi connectivity index (χ0) is 15.7. The maximum absolute atomic E-state index is 13.9. The van der Waals surface area contributed by atoms with Gasteiger partial charge in [0.2, 0.25) is 0 Å². The topological polar surface area (TPSA) is 59.3 Å². The lowest BCUT2D eigenvalue weighted by atomic mass is 10.0. The van der Waals surface area contributed by atoms with E-state index in [-0.39, 0.29) is 29.5 Å². The monoisotopic (exact) mass is 403 g/mol. The summed E-state index contributed by atoms with van der Waals surface area (Å²) in [4.78, 5) is 23.3. The predicted molar refractivity (Wildman–Crippen MR) is 87.2 cm³/mol. The van der Waals surface area contributed by atoms with Gasteiger partial charge in [-0.2, -0.15) is 0 Å². The van der Waals surface area contributed by atoms with Crippen molar-refractivity contribution in [2.75, 3.05) is 6.61 Å². The number of aliphatic hydroxyl groups excluding tert-OH is 1. The van der Waals surface area contributed by atoms with Crippen LogP contribution in [0.15, 0.2) is 23.1 Å². The van der Waals surface area contributed by atoms with Crippen LogP contribution in [-0.4, -0.2) is 22.6 Å². The molecular weight excluding hydrogens is 388 g/mol. The highest BCUT2D eigenvalue weighted by atomic mass is 127. The summed E-state index contributed by atoms with van der Waals surface area (Å²) in [5.41, 5.74) is -0.0325. The molecule has 0 radical (unpaired) electrons. The molecule has 1 N–H and O–H groups in total. The van der Waals surface area contributed by atoms with E-state index in [0.29, 0.717) is 15.4 Å². The molecule has 6 heteroatoms. The van der Waals surface area contributed by atoms with Gasteiger partial charge in [0, 0.05) is 15.2 Å². The highest BCUT2D eigenvalue weighted by Crippen LogP contribution is 2.25. The number of aliphatic hydroxyl groups is 1. The van der Waals surface area contributed by atoms with E-state index in [1.807, 2.05) is 13.8 Å². The zero-order valence-electron chi connectivity index (χ0n) is 11.6. The molecule has 0 saturated carbocycles. The largest absolute Gasteiger partial charge is 0.394 e. The van der Waals surface area contributed by atoms with Gasteiger partial charge in [0.05, 0.1) is 23.7 Å². The molecule has 1 unspecified atom stereocenters. The van der Waals surface area contributed by atoms with Crippen molar-refractivity contribution in [1.29, 1.82) is 0 Å². The fraction of sp³-hybridized carbons (Fsp3) is 0.333. The first kappa shape index (κ1) is 16.1. The van der Waals surface area contributed by atoms with Crippen LogP contribution in [0.25, 0.3) is 10.9 Å². The molecule has 0 aliphatic rings. The summed E-state index contributed by atoms with van der Waals surface area (Å²) in [6, 6.07) is 2.37. The summed E-state index contributed by atoms with van der Waals surface area (Å²) in [5, 5.41) is 9.87. The number of pyridine rings is 1. The smallest absolute Gasteiger partial charge is 0.199 e. The molecule has 0 spiro atoms. The summed E-state index contributed by atoms with van der Waals surface area (Å²) < 4.78 is 15.8. The molecule has 1 heterocycles. The Morgan fingerprint density at radius 3 is 2.62 bits per heavy atom. The summed E-state index contributed by atoms with van der Waals surface area (Å²) in [6.45, 7) is 3.66. The average molecular weight is 403 g/mol. The Labute approximate surface area is 134 Å². The van der Waals surface area contributed by atoms with Crippen LogP contribution in [0.1, 0.15) is 30.2 Å². The van der Waals surface area contributed by atoms with Crippen molar-refractivity contribution in [3.8, 4) is 0 Å². The lowest BCUT2D eigenvalue weighted by molar-refractivity contribution is 0.112. The average Bonchev–Trinajstić information content (AvgIpc) is 2.44. The van der Waals surface area contributed by atoms with E-state index in [1.54, 1.807) is 27.2 Å². The number of carbonyl (C=O) groups excluding carboxylic acids is 1. The van der Waals surface area contributed by atoms with Gasteiger partial charge < -0.3 is 9.67 Å². The Balaban J connectivity index is 2.92. The Hall–Kier alpha value is -1.28. The normalized spacial score (nSPS) is 12.9. The van der Waals surface area contributed by atoms with Crippen LogP contribution in [0.4, 0.5) is 4.39 Å². The molecule has 112 valence electrons. The second-order valence-corrected chi connectivity index (χ2v) is 6.38. The van der Waals surface area contributed by atoms with Crippen molar-refractivity contribution in [3.63, 3.8) is 0 Å². The van der Waals surface area contributed by atoms with Gasteiger partial charge in [0.25, 0.3) is 0 Å². The molecule has 21 heavy (non-hydrogen) atoms. The first-order valence-corrected chi connectivity index (χ1v) is 7.58. The molecule has 1 aromatic carbocycles. The maximum Gasteiger partial charge on any atom is 0.199 e. The molecular formula is C15H15FINO3. The third-order valence-electron chi connectivity index (χ3n) is 3.54. The second kappa shape index (κ2) is 6.23. The van der Waals surface area contributed by atoms with E-state index in [2.05, 4.69) is 0 Å². The van der Waals surface area contributed by atoms with E-state index in [1.165, 1.54) is 18.3 Å². The van der Waals surface area contributed by atoms with Gasteiger partial charge in [-0.05, 0) is 40.6 Å². The molecule has 0 bridgehead atoms. The number of rotatable bonds is 4. The Bertz CT molecular complexity index is 755. The fourth-order valence-electron chi connectivity index (χ4n) is 2.34. The van der Waals surface area contributed by atoms with E-state index >= 15 is 0 Å². The summed E-state index contributed by atoms with van der Waals surface area (Å²) >= 11 is 1.80. The van der Waals surface area contributed by atoms with Gasteiger partial charge in [0.15, 0.2) is 11.7 Å². The molecule has 1 aromatic heterocycles. The quantitative estimate of drug-likeness (QED) is 0.631. The van der Waals surface area contributed by atoms with Crippen LogP contribution in [0.5, 0.6) is 0 Å². The first-order valence-electron chi connectivity index (χ1n) is 6.50. The third-order valence-corrected chi connectivity index (χ3v) is 4.37. The number of benzene rings is 1. The number of aromatic nitrogens is 1.